The molecule has 1 heterocycles. The fourth-order valence-electron chi connectivity index (χ4n) is 1.70. The van der Waals surface area contributed by atoms with Gasteiger partial charge in [-0.3, -0.25) is 0 Å². The normalized spacial score (nSPS) is 10.4. The van der Waals surface area contributed by atoms with E-state index in [9.17, 15) is 9.59 Å². The molecule has 1 aromatic heterocycles. The molecule has 2 aromatic rings. The van der Waals surface area contributed by atoms with E-state index in [1.165, 1.54) is 12.1 Å². The minimum absolute atomic E-state index is 0.0348. The number of nitrogens with one attached hydrogen (secondary N) is 1. The second-order valence-electron chi connectivity index (χ2n) is 4.08. The van der Waals surface area contributed by atoms with Crippen molar-refractivity contribution in [3.05, 3.63) is 39.4 Å². The maximum atomic E-state index is 11.1. The first-order valence-electron chi connectivity index (χ1n) is 5.95. The standard InChI is InChI=1S/C13H11ClN2O4S/c1-2-9-10(12(19)20)21-13(16-9)15-6-3-4-8(14)7(5-6)11(17)18/h3-5H,2H2,1H3,(H,15,16)(H,17,18)(H,19,20). The molecule has 1 aromatic carbocycles. The molecule has 0 atom stereocenters. The van der Waals surface area contributed by atoms with E-state index in [1.807, 2.05) is 6.92 Å². The molecule has 0 saturated carbocycles. The molecule has 0 spiro atoms. The fourth-order valence-corrected chi connectivity index (χ4v) is 2.81. The summed E-state index contributed by atoms with van der Waals surface area (Å²) < 4.78 is 0. The molecule has 2 rings (SSSR count). The topological polar surface area (TPSA) is 99.5 Å². The van der Waals surface area contributed by atoms with Gasteiger partial charge in [0.25, 0.3) is 0 Å². The zero-order valence-electron chi connectivity index (χ0n) is 10.9. The van der Waals surface area contributed by atoms with Gasteiger partial charge in [-0.05, 0) is 24.6 Å². The van der Waals surface area contributed by atoms with Crippen LogP contribution >= 0.6 is 22.9 Å². The van der Waals surface area contributed by atoms with Gasteiger partial charge in [0.05, 0.1) is 16.3 Å². The van der Waals surface area contributed by atoms with Crippen LogP contribution in [0.5, 0.6) is 0 Å². The molecule has 0 amide bonds. The van der Waals surface area contributed by atoms with Crippen molar-refractivity contribution in [1.82, 2.24) is 4.98 Å². The highest BCUT2D eigenvalue weighted by Crippen LogP contribution is 2.28. The maximum Gasteiger partial charge on any atom is 0.347 e. The van der Waals surface area contributed by atoms with Crippen LogP contribution < -0.4 is 5.32 Å². The van der Waals surface area contributed by atoms with E-state index < -0.39 is 11.9 Å². The third kappa shape index (κ3) is 3.32. The Hall–Kier alpha value is -2.12. The van der Waals surface area contributed by atoms with Crippen molar-refractivity contribution >= 4 is 45.7 Å². The van der Waals surface area contributed by atoms with Crippen molar-refractivity contribution in [2.24, 2.45) is 0 Å². The first-order valence-corrected chi connectivity index (χ1v) is 7.14. The lowest BCUT2D eigenvalue weighted by Gasteiger charge is -2.05. The van der Waals surface area contributed by atoms with E-state index in [4.69, 9.17) is 21.8 Å². The largest absolute Gasteiger partial charge is 0.478 e. The summed E-state index contributed by atoms with van der Waals surface area (Å²) in [5.41, 5.74) is 0.931. The number of hydrogen-bond acceptors (Lipinski definition) is 5. The number of halogens is 1. The maximum absolute atomic E-state index is 11.1. The number of benzene rings is 1. The van der Waals surface area contributed by atoms with Gasteiger partial charge in [-0.25, -0.2) is 14.6 Å². The van der Waals surface area contributed by atoms with E-state index >= 15 is 0 Å². The summed E-state index contributed by atoms with van der Waals surface area (Å²) in [4.78, 5) is 26.5. The van der Waals surface area contributed by atoms with Crippen LogP contribution in [0.25, 0.3) is 0 Å². The lowest BCUT2D eigenvalue weighted by molar-refractivity contribution is 0.0688. The number of nitrogens with zero attached hydrogens (tertiary/aromatic N) is 1. The van der Waals surface area contributed by atoms with Crippen molar-refractivity contribution in [2.45, 2.75) is 13.3 Å². The number of carboxylic acids is 2. The number of anilines is 2. The number of aryl methyl sites for hydroxylation is 1. The average Bonchev–Trinajstić information content (AvgIpc) is 2.84. The summed E-state index contributed by atoms with van der Waals surface area (Å²) in [6.07, 6.45) is 0.501. The lowest BCUT2D eigenvalue weighted by Crippen LogP contribution is -1.99. The van der Waals surface area contributed by atoms with Crippen LogP contribution in [-0.2, 0) is 6.42 Å². The monoisotopic (exact) mass is 326 g/mol. The Morgan fingerprint density at radius 3 is 2.57 bits per heavy atom. The van der Waals surface area contributed by atoms with Gasteiger partial charge in [-0.2, -0.15) is 0 Å². The molecule has 0 unspecified atom stereocenters. The van der Waals surface area contributed by atoms with E-state index in [-0.39, 0.29) is 15.5 Å². The first-order chi connectivity index (χ1) is 9.92. The predicted octanol–water partition coefficient (Wildman–Crippen LogP) is 3.50. The molecular formula is C13H11ClN2O4S. The van der Waals surface area contributed by atoms with Crippen LogP contribution in [0, 0.1) is 0 Å². The third-order valence-corrected chi connectivity index (χ3v) is 4.01. The predicted molar refractivity (Wildman–Crippen MR) is 80.1 cm³/mol. The molecule has 8 heteroatoms. The number of hydrogen-bond donors (Lipinski definition) is 3. The summed E-state index contributed by atoms with van der Waals surface area (Å²) in [7, 11) is 0. The van der Waals surface area contributed by atoms with Gasteiger partial charge in [0.2, 0.25) is 0 Å². The highest BCUT2D eigenvalue weighted by Gasteiger charge is 2.16. The average molecular weight is 327 g/mol. The number of rotatable bonds is 5. The zero-order valence-corrected chi connectivity index (χ0v) is 12.5. The Balaban J connectivity index is 2.32. The molecular weight excluding hydrogens is 316 g/mol. The van der Waals surface area contributed by atoms with Gasteiger partial charge in [0.1, 0.15) is 4.88 Å². The highest BCUT2D eigenvalue weighted by molar-refractivity contribution is 7.17. The van der Waals surface area contributed by atoms with Crippen LogP contribution in [0.2, 0.25) is 5.02 Å². The molecule has 3 N–H and O–H groups in total. The SMILES string of the molecule is CCc1nc(Nc2ccc(Cl)c(C(=O)O)c2)sc1C(=O)O. The van der Waals surface area contributed by atoms with Gasteiger partial charge >= 0.3 is 11.9 Å². The van der Waals surface area contributed by atoms with Gasteiger partial charge in [0.15, 0.2) is 5.13 Å². The number of aromatic carboxylic acids is 2. The van der Waals surface area contributed by atoms with Crippen molar-refractivity contribution in [1.29, 1.82) is 0 Å². The van der Waals surface area contributed by atoms with Gasteiger partial charge in [-0.15, -0.1) is 0 Å². The molecule has 110 valence electrons. The van der Waals surface area contributed by atoms with E-state index in [0.717, 1.165) is 11.3 Å². The Morgan fingerprint density at radius 2 is 2.05 bits per heavy atom. The Labute approximate surface area is 129 Å². The van der Waals surface area contributed by atoms with Crippen LogP contribution in [0.4, 0.5) is 10.8 Å². The molecule has 0 fully saturated rings. The van der Waals surface area contributed by atoms with Crippen LogP contribution in [-0.4, -0.2) is 27.1 Å². The molecule has 0 aliphatic heterocycles. The minimum atomic E-state index is -1.14. The molecule has 0 bridgehead atoms. The van der Waals surface area contributed by atoms with Crippen molar-refractivity contribution < 1.29 is 19.8 Å². The number of aromatic nitrogens is 1. The number of carbonyl (C=O) groups is 2. The second-order valence-corrected chi connectivity index (χ2v) is 5.48. The second kappa shape index (κ2) is 6.11. The van der Waals surface area contributed by atoms with E-state index in [0.29, 0.717) is 22.9 Å². The van der Waals surface area contributed by atoms with Gasteiger partial charge in [-0.1, -0.05) is 29.9 Å². The minimum Gasteiger partial charge on any atom is -0.478 e. The Kier molecular flexibility index (Phi) is 4.44. The third-order valence-electron chi connectivity index (χ3n) is 2.67. The smallest absolute Gasteiger partial charge is 0.347 e. The van der Waals surface area contributed by atoms with E-state index in [2.05, 4.69) is 10.3 Å². The molecule has 0 aliphatic rings. The quantitative estimate of drug-likeness (QED) is 0.777. The van der Waals surface area contributed by atoms with Crippen LogP contribution in [0.15, 0.2) is 18.2 Å². The number of thiazole rings is 1. The summed E-state index contributed by atoms with van der Waals surface area (Å²) in [6.45, 7) is 1.82. The zero-order chi connectivity index (χ0) is 15.6. The van der Waals surface area contributed by atoms with Crippen molar-refractivity contribution in [3.8, 4) is 0 Å². The summed E-state index contributed by atoms with van der Waals surface area (Å²) in [6, 6.07) is 4.43. The lowest BCUT2D eigenvalue weighted by atomic mass is 10.2. The molecule has 0 saturated heterocycles. The Morgan fingerprint density at radius 1 is 1.33 bits per heavy atom. The summed E-state index contributed by atoms with van der Waals surface area (Å²) in [5.74, 6) is -2.16. The van der Waals surface area contributed by atoms with E-state index in [1.54, 1.807) is 6.07 Å². The van der Waals surface area contributed by atoms with Crippen LogP contribution in [0.3, 0.4) is 0 Å². The molecule has 0 radical (unpaired) electrons. The molecule has 21 heavy (non-hydrogen) atoms. The van der Waals surface area contributed by atoms with Crippen molar-refractivity contribution in [2.75, 3.05) is 5.32 Å². The van der Waals surface area contributed by atoms with Gasteiger partial charge in [0, 0.05) is 5.69 Å². The van der Waals surface area contributed by atoms with Crippen LogP contribution in [0.1, 0.15) is 32.6 Å². The highest BCUT2D eigenvalue weighted by atomic mass is 35.5. The number of carboxylic acid groups (broad SMARTS) is 2. The first kappa shape index (κ1) is 15.3. The van der Waals surface area contributed by atoms with Gasteiger partial charge < -0.3 is 15.5 Å². The van der Waals surface area contributed by atoms with Crippen molar-refractivity contribution in [3.63, 3.8) is 0 Å². The fraction of sp³-hybridized carbons (Fsp3) is 0.154. The summed E-state index contributed by atoms with van der Waals surface area (Å²) >= 11 is 6.79. The summed E-state index contributed by atoms with van der Waals surface area (Å²) in [5, 5.41) is 21.5. The molecule has 6 nitrogen and oxygen atoms in total. The Bertz CT molecular complexity index is 714. The molecule has 0 aliphatic carbocycles.